The lowest BCUT2D eigenvalue weighted by Gasteiger charge is -2.21. The molecule has 2 aromatic heterocycles. The predicted molar refractivity (Wildman–Crippen MR) is 80.8 cm³/mol. The Balaban J connectivity index is 1.64. The molecule has 1 amide bonds. The van der Waals surface area contributed by atoms with E-state index in [1.165, 1.54) is 32.1 Å². The Labute approximate surface area is 122 Å². The Morgan fingerprint density at radius 1 is 1.40 bits per heavy atom. The SMILES string of the molecule is O=C(NCC1CCCCC1)c1cn[nH]c1-c1cccs1. The van der Waals surface area contributed by atoms with Gasteiger partial charge in [-0.25, -0.2) is 0 Å². The van der Waals surface area contributed by atoms with Gasteiger partial charge in [0.25, 0.3) is 5.91 Å². The fourth-order valence-corrected chi connectivity index (χ4v) is 3.52. The van der Waals surface area contributed by atoms with Crippen LogP contribution in [0.1, 0.15) is 42.5 Å². The van der Waals surface area contributed by atoms with Crippen LogP contribution in [0.3, 0.4) is 0 Å². The number of nitrogens with zero attached hydrogens (tertiary/aromatic N) is 1. The van der Waals surface area contributed by atoms with Crippen molar-refractivity contribution in [3.63, 3.8) is 0 Å². The molecule has 0 saturated heterocycles. The van der Waals surface area contributed by atoms with E-state index in [4.69, 9.17) is 0 Å². The molecule has 106 valence electrons. The zero-order valence-electron chi connectivity index (χ0n) is 11.4. The summed E-state index contributed by atoms with van der Waals surface area (Å²) in [6.07, 6.45) is 8.03. The van der Waals surface area contributed by atoms with Gasteiger partial charge in [0.05, 0.1) is 22.3 Å². The first-order valence-corrected chi connectivity index (χ1v) is 8.08. The predicted octanol–water partition coefficient (Wildman–Crippen LogP) is 3.45. The molecular formula is C15H19N3OS. The first-order valence-electron chi connectivity index (χ1n) is 7.20. The Bertz CT molecular complexity index is 555. The number of nitrogens with one attached hydrogen (secondary N) is 2. The van der Waals surface area contributed by atoms with Gasteiger partial charge < -0.3 is 5.32 Å². The summed E-state index contributed by atoms with van der Waals surface area (Å²) in [5.41, 5.74) is 1.46. The number of H-pyrrole nitrogens is 1. The molecule has 0 aliphatic heterocycles. The molecule has 0 aromatic carbocycles. The van der Waals surface area contributed by atoms with Gasteiger partial charge in [0.1, 0.15) is 0 Å². The Kier molecular flexibility index (Phi) is 4.16. The topological polar surface area (TPSA) is 57.8 Å². The zero-order chi connectivity index (χ0) is 13.8. The third-order valence-electron chi connectivity index (χ3n) is 3.93. The van der Waals surface area contributed by atoms with E-state index >= 15 is 0 Å². The highest BCUT2D eigenvalue weighted by Crippen LogP contribution is 2.26. The van der Waals surface area contributed by atoms with Crippen LogP contribution in [-0.2, 0) is 0 Å². The molecule has 0 bridgehead atoms. The van der Waals surface area contributed by atoms with Crippen LogP contribution in [0.5, 0.6) is 0 Å². The summed E-state index contributed by atoms with van der Waals surface area (Å²) in [6.45, 7) is 0.786. The molecule has 1 aliphatic carbocycles. The molecule has 4 nitrogen and oxygen atoms in total. The van der Waals surface area contributed by atoms with E-state index in [1.807, 2.05) is 17.5 Å². The molecule has 1 fully saturated rings. The van der Waals surface area contributed by atoms with E-state index in [9.17, 15) is 4.79 Å². The molecule has 0 atom stereocenters. The van der Waals surface area contributed by atoms with Crippen molar-refractivity contribution in [1.82, 2.24) is 15.5 Å². The fourth-order valence-electron chi connectivity index (χ4n) is 2.79. The smallest absolute Gasteiger partial charge is 0.255 e. The third kappa shape index (κ3) is 2.93. The summed E-state index contributed by atoms with van der Waals surface area (Å²) in [7, 11) is 0. The Hall–Kier alpha value is -1.62. The van der Waals surface area contributed by atoms with Crippen LogP contribution in [0.25, 0.3) is 10.6 Å². The maximum atomic E-state index is 12.3. The molecule has 2 N–H and O–H groups in total. The highest BCUT2D eigenvalue weighted by molar-refractivity contribution is 7.13. The van der Waals surface area contributed by atoms with Crippen molar-refractivity contribution in [2.24, 2.45) is 5.92 Å². The molecule has 1 saturated carbocycles. The van der Waals surface area contributed by atoms with E-state index in [0.29, 0.717) is 11.5 Å². The van der Waals surface area contributed by atoms with Crippen LogP contribution in [0.4, 0.5) is 0 Å². The average Bonchev–Trinajstić information content (AvgIpc) is 3.15. The average molecular weight is 289 g/mol. The van der Waals surface area contributed by atoms with Gasteiger partial charge in [-0.15, -0.1) is 11.3 Å². The highest BCUT2D eigenvalue weighted by atomic mass is 32.1. The molecular weight excluding hydrogens is 270 g/mol. The van der Waals surface area contributed by atoms with Gasteiger partial charge >= 0.3 is 0 Å². The van der Waals surface area contributed by atoms with E-state index in [0.717, 1.165) is 17.1 Å². The summed E-state index contributed by atoms with van der Waals surface area (Å²) >= 11 is 1.61. The highest BCUT2D eigenvalue weighted by Gasteiger charge is 2.18. The monoisotopic (exact) mass is 289 g/mol. The number of aromatic amines is 1. The van der Waals surface area contributed by atoms with Crippen LogP contribution in [0.15, 0.2) is 23.7 Å². The quantitative estimate of drug-likeness (QED) is 0.905. The van der Waals surface area contributed by atoms with Crippen LogP contribution < -0.4 is 5.32 Å². The van der Waals surface area contributed by atoms with Crippen LogP contribution in [-0.4, -0.2) is 22.6 Å². The van der Waals surface area contributed by atoms with Crippen molar-refractivity contribution in [1.29, 1.82) is 0 Å². The Morgan fingerprint density at radius 3 is 3.00 bits per heavy atom. The number of rotatable bonds is 4. The van der Waals surface area contributed by atoms with Gasteiger partial charge in [0, 0.05) is 6.54 Å². The molecule has 5 heteroatoms. The number of hydrogen-bond donors (Lipinski definition) is 2. The summed E-state index contributed by atoms with van der Waals surface area (Å²) in [6, 6.07) is 3.97. The summed E-state index contributed by atoms with van der Waals surface area (Å²) in [5, 5.41) is 12.0. The number of carbonyl (C=O) groups excluding carboxylic acids is 1. The normalized spacial score (nSPS) is 16.2. The van der Waals surface area contributed by atoms with Gasteiger partial charge in [-0.3, -0.25) is 9.89 Å². The summed E-state index contributed by atoms with van der Waals surface area (Å²) in [4.78, 5) is 13.3. The fraction of sp³-hybridized carbons (Fsp3) is 0.467. The van der Waals surface area contributed by atoms with E-state index in [2.05, 4.69) is 15.5 Å². The van der Waals surface area contributed by atoms with Gasteiger partial charge in [0.15, 0.2) is 0 Å². The minimum atomic E-state index is -0.0206. The summed E-state index contributed by atoms with van der Waals surface area (Å²) in [5.74, 6) is 0.623. The van der Waals surface area contributed by atoms with E-state index in [-0.39, 0.29) is 5.91 Å². The number of aromatic nitrogens is 2. The van der Waals surface area contributed by atoms with Crippen LogP contribution in [0.2, 0.25) is 0 Å². The largest absolute Gasteiger partial charge is 0.352 e. The molecule has 2 heterocycles. The van der Waals surface area contributed by atoms with Crippen molar-refractivity contribution >= 4 is 17.2 Å². The summed E-state index contributed by atoms with van der Waals surface area (Å²) < 4.78 is 0. The van der Waals surface area contributed by atoms with Crippen molar-refractivity contribution in [2.45, 2.75) is 32.1 Å². The van der Waals surface area contributed by atoms with E-state index < -0.39 is 0 Å². The molecule has 1 aliphatic rings. The number of thiophene rings is 1. The molecule has 0 radical (unpaired) electrons. The molecule has 0 spiro atoms. The molecule has 3 rings (SSSR count). The molecule has 20 heavy (non-hydrogen) atoms. The maximum Gasteiger partial charge on any atom is 0.255 e. The van der Waals surface area contributed by atoms with Gasteiger partial charge in [-0.1, -0.05) is 25.3 Å². The van der Waals surface area contributed by atoms with Crippen molar-refractivity contribution in [3.05, 3.63) is 29.3 Å². The minimum Gasteiger partial charge on any atom is -0.352 e. The first-order chi connectivity index (χ1) is 9.84. The van der Waals surface area contributed by atoms with Crippen molar-refractivity contribution < 1.29 is 4.79 Å². The lowest BCUT2D eigenvalue weighted by atomic mass is 9.89. The molecule has 0 unspecified atom stereocenters. The van der Waals surface area contributed by atoms with Crippen LogP contribution >= 0.6 is 11.3 Å². The second-order valence-corrected chi connectivity index (χ2v) is 6.30. The zero-order valence-corrected chi connectivity index (χ0v) is 12.2. The van der Waals surface area contributed by atoms with Crippen molar-refractivity contribution in [2.75, 3.05) is 6.54 Å². The second-order valence-electron chi connectivity index (χ2n) is 5.35. The van der Waals surface area contributed by atoms with Gasteiger partial charge in [-0.05, 0) is 30.2 Å². The van der Waals surface area contributed by atoms with Gasteiger partial charge in [-0.2, -0.15) is 5.10 Å². The first kappa shape index (κ1) is 13.4. The standard InChI is InChI=1S/C15H19N3OS/c19-15(16-9-11-5-2-1-3-6-11)12-10-17-18-14(12)13-7-4-8-20-13/h4,7-8,10-11H,1-3,5-6,9H2,(H,16,19)(H,17,18). The van der Waals surface area contributed by atoms with Gasteiger partial charge in [0.2, 0.25) is 0 Å². The molecule has 2 aromatic rings. The third-order valence-corrected chi connectivity index (χ3v) is 4.81. The number of carbonyl (C=O) groups is 1. The number of hydrogen-bond acceptors (Lipinski definition) is 3. The lowest BCUT2D eigenvalue weighted by molar-refractivity contribution is 0.0944. The van der Waals surface area contributed by atoms with Crippen LogP contribution in [0, 0.1) is 5.92 Å². The lowest BCUT2D eigenvalue weighted by Crippen LogP contribution is -2.30. The van der Waals surface area contributed by atoms with Crippen molar-refractivity contribution in [3.8, 4) is 10.6 Å². The van der Waals surface area contributed by atoms with E-state index in [1.54, 1.807) is 17.5 Å². The Morgan fingerprint density at radius 2 is 2.25 bits per heavy atom. The maximum absolute atomic E-state index is 12.3. The number of amides is 1. The second kappa shape index (κ2) is 6.22. The minimum absolute atomic E-state index is 0.0206.